The van der Waals surface area contributed by atoms with Crippen LogP contribution in [0.25, 0.3) is 0 Å². The van der Waals surface area contributed by atoms with Gasteiger partial charge in [0, 0.05) is 18.5 Å². The molecule has 0 amide bonds. The highest BCUT2D eigenvalue weighted by Gasteiger charge is 2.40. The molecule has 1 fully saturated rings. The van der Waals surface area contributed by atoms with E-state index in [-0.39, 0.29) is 18.5 Å². The van der Waals surface area contributed by atoms with Gasteiger partial charge in [-0.25, -0.2) is 0 Å². The third-order valence-electron chi connectivity index (χ3n) is 8.53. The molecular formula is C42H39O2P3. The van der Waals surface area contributed by atoms with E-state index in [1.807, 2.05) is 0 Å². The Bertz CT molecular complexity index is 1560. The van der Waals surface area contributed by atoms with Crippen molar-refractivity contribution in [3.8, 4) is 0 Å². The normalized spacial score (nSPS) is 16.7. The van der Waals surface area contributed by atoms with E-state index in [1.54, 1.807) is 0 Å². The maximum Gasteiger partial charge on any atom is 0.163 e. The number of ether oxygens (including phenoxy) is 2. The van der Waals surface area contributed by atoms with Crippen molar-refractivity contribution in [2.75, 3.05) is 18.5 Å². The van der Waals surface area contributed by atoms with Gasteiger partial charge in [-0.2, -0.15) is 0 Å². The predicted octanol–water partition coefficient (Wildman–Crippen LogP) is 7.50. The summed E-state index contributed by atoms with van der Waals surface area (Å²) in [5, 5.41) is 8.22. The lowest BCUT2D eigenvalue weighted by Gasteiger charge is -2.27. The molecule has 0 radical (unpaired) electrons. The topological polar surface area (TPSA) is 18.5 Å². The molecule has 234 valence electrons. The molecule has 1 aliphatic rings. The van der Waals surface area contributed by atoms with Crippen LogP contribution in [0.15, 0.2) is 182 Å². The van der Waals surface area contributed by atoms with Crippen LogP contribution in [0.5, 0.6) is 0 Å². The molecule has 0 aromatic heterocycles. The second kappa shape index (κ2) is 16.1. The van der Waals surface area contributed by atoms with E-state index in [2.05, 4.69) is 182 Å². The maximum absolute atomic E-state index is 7.11. The van der Waals surface area contributed by atoms with Crippen LogP contribution in [0.3, 0.4) is 0 Å². The fourth-order valence-corrected chi connectivity index (χ4v) is 13.4. The summed E-state index contributed by atoms with van der Waals surface area (Å²) in [7, 11) is -1.94. The van der Waals surface area contributed by atoms with Crippen molar-refractivity contribution in [2.24, 2.45) is 0 Å². The summed E-state index contributed by atoms with van der Waals surface area (Å²) in [6.07, 6.45) is 2.36. The molecule has 1 saturated heterocycles. The van der Waals surface area contributed by atoms with Crippen molar-refractivity contribution in [1.82, 2.24) is 0 Å². The van der Waals surface area contributed by atoms with E-state index >= 15 is 0 Å². The van der Waals surface area contributed by atoms with Gasteiger partial charge in [-0.05, 0) is 55.6 Å². The number of benzene rings is 6. The first-order valence-corrected chi connectivity index (χ1v) is 20.8. The lowest BCUT2D eigenvalue weighted by atomic mass is 10.3. The summed E-state index contributed by atoms with van der Waals surface area (Å²) in [5.74, 6) is 0. The number of rotatable bonds is 12. The molecule has 6 aromatic carbocycles. The Morgan fingerprint density at radius 1 is 0.298 bits per heavy atom. The zero-order valence-corrected chi connectivity index (χ0v) is 29.0. The van der Waals surface area contributed by atoms with Crippen LogP contribution in [0.2, 0.25) is 0 Å². The molecule has 0 aliphatic carbocycles. The van der Waals surface area contributed by atoms with Crippen LogP contribution >= 0.6 is 23.8 Å². The van der Waals surface area contributed by atoms with E-state index < -0.39 is 23.8 Å². The largest absolute Gasteiger partial charge is 0.346 e. The SMILES string of the molecule is c1ccc(P(CC2O[C@@H](CP(c3ccccc3)c3ccccc3)[C@H](CP(c3ccccc3)c3ccccc3)O2)c2ccccc2)cc1. The molecule has 2 nitrogen and oxygen atoms in total. The van der Waals surface area contributed by atoms with Crippen molar-refractivity contribution in [3.63, 3.8) is 0 Å². The van der Waals surface area contributed by atoms with Crippen LogP contribution in [0, 0.1) is 0 Å². The van der Waals surface area contributed by atoms with Crippen molar-refractivity contribution in [1.29, 1.82) is 0 Å². The van der Waals surface area contributed by atoms with E-state index in [9.17, 15) is 0 Å². The molecule has 5 heteroatoms. The van der Waals surface area contributed by atoms with Crippen LogP contribution in [0.1, 0.15) is 0 Å². The summed E-state index contributed by atoms with van der Waals surface area (Å²) >= 11 is 0. The highest BCUT2D eigenvalue weighted by Crippen LogP contribution is 2.44. The average Bonchev–Trinajstić information content (AvgIpc) is 3.54. The number of hydrogen-bond donors (Lipinski definition) is 0. The Morgan fingerprint density at radius 2 is 0.511 bits per heavy atom. The van der Waals surface area contributed by atoms with Crippen molar-refractivity contribution in [3.05, 3.63) is 182 Å². The Kier molecular flexibility index (Phi) is 11.0. The fraction of sp³-hybridized carbons (Fsp3) is 0.143. The van der Waals surface area contributed by atoms with E-state index in [0.717, 1.165) is 18.5 Å². The lowest BCUT2D eigenvalue weighted by molar-refractivity contribution is -0.0430. The first-order chi connectivity index (χ1) is 23.3. The molecule has 0 spiro atoms. The fourth-order valence-electron chi connectivity index (χ4n) is 6.24. The van der Waals surface area contributed by atoms with E-state index in [0.29, 0.717) is 0 Å². The molecule has 0 saturated carbocycles. The second-order valence-corrected chi connectivity index (χ2v) is 18.4. The van der Waals surface area contributed by atoms with Crippen LogP contribution in [0.4, 0.5) is 0 Å². The van der Waals surface area contributed by atoms with Gasteiger partial charge in [-0.1, -0.05) is 182 Å². The average molecular weight is 669 g/mol. The molecule has 6 aromatic rings. The van der Waals surface area contributed by atoms with Gasteiger partial charge in [-0.15, -0.1) is 0 Å². The molecule has 1 aliphatic heterocycles. The first-order valence-electron chi connectivity index (χ1n) is 16.3. The van der Waals surface area contributed by atoms with Crippen LogP contribution < -0.4 is 31.8 Å². The van der Waals surface area contributed by atoms with Gasteiger partial charge in [0.1, 0.15) is 0 Å². The van der Waals surface area contributed by atoms with Crippen molar-refractivity contribution >= 4 is 55.6 Å². The summed E-state index contributed by atoms with van der Waals surface area (Å²) in [6, 6.07) is 65.8. The van der Waals surface area contributed by atoms with Gasteiger partial charge in [0.2, 0.25) is 0 Å². The highest BCUT2D eigenvalue weighted by atomic mass is 31.1. The minimum atomic E-state index is -0.655. The quantitative estimate of drug-likeness (QED) is 0.126. The lowest BCUT2D eigenvalue weighted by Crippen LogP contribution is -2.33. The standard InChI is InChI=1S/C42H39O2P3/c1-7-19-34(20-8-1)45(35-21-9-2-10-22-35)31-40-41(32-46(36-23-11-3-12-24-36)37-25-13-4-14-26-37)44-42(43-40)33-47(38-27-15-5-16-28-38)39-29-17-6-18-30-39/h1-30,40-42H,31-33H2/t40-,41-/m0/s1. The molecular weight excluding hydrogens is 629 g/mol. The van der Waals surface area contributed by atoms with Gasteiger partial charge in [0.05, 0.1) is 12.2 Å². The van der Waals surface area contributed by atoms with Gasteiger partial charge >= 0.3 is 0 Å². The second-order valence-electron chi connectivity index (χ2n) is 11.6. The molecule has 0 N–H and O–H groups in total. The summed E-state index contributed by atoms with van der Waals surface area (Å²) in [6.45, 7) is 0. The summed E-state index contributed by atoms with van der Waals surface area (Å²) in [4.78, 5) is 0. The van der Waals surface area contributed by atoms with Crippen molar-refractivity contribution < 1.29 is 9.47 Å². The Labute approximate surface area is 283 Å². The van der Waals surface area contributed by atoms with Crippen molar-refractivity contribution in [2.45, 2.75) is 18.5 Å². The third-order valence-corrected chi connectivity index (χ3v) is 16.2. The van der Waals surface area contributed by atoms with Gasteiger partial charge in [-0.3, -0.25) is 0 Å². The summed E-state index contributed by atoms with van der Waals surface area (Å²) in [5.41, 5.74) is 0. The Balaban J connectivity index is 1.23. The highest BCUT2D eigenvalue weighted by molar-refractivity contribution is 7.73. The maximum atomic E-state index is 7.11. The summed E-state index contributed by atoms with van der Waals surface area (Å²) < 4.78 is 14.2. The smallest absolute Gasteiger partial charge is 0.163 e. The molecule has 0 unspecified atom stereocenters. The zero-order valence-electron chi connectivity index (χ0n) is 26.3. The minimum absolute atomic E-state index is 0.0210. The molecule has 47 heavy (non-hydrogen) atoms. The monoisotopic (exact) mass is 668 g/mol. The molecule has 0 bridgehead atoms. The van der Waals surface area contributed by atoms with Crippen LogP contribution in [-0.4, -0.2) is 37.0 Å². The molecule has 1 heterocycles. The Morgan fingerprint density at radius 3 is 0.745 bits per heavy atom. The Hall–Kier alpha value is -3.47. The number of hydrogen-bond acceptors (Lipinski definition) is 2. The third kappa shape index (κ3) is 8.16. The minimum Gasteiger partial charge on any atom is -0.346 e. The molecule has 7 rings (SSSR count). The van der Waals surface area contributed by atoms with Gasteiger partial charge < -0.3 is 9.47 Å². The molecule has 2 atom stereocenters. The van der Waals surface area contributed by atoms with Gasteiger partial charge in [0.25, 0.3) is 0 Å². The zero-order chi connectivity index (χ0) is 31.7. The van der Waals surface area contributed by atoms with Gasteiger partial charge in [0.15, 0.2) is 6.29 Å². The predicted molar refractivity (Wildman–Crippen MR) is 205 cm³/mol. The first kappa shape index (κ1) is 32.1. The van der Waals surface area contributed by atoms with Crippen LogP contribution in [-0.2, 0) is 9.47 Å². The van der Waals surface area contributed by atoms with E-state index in [1.165, 1.54) is 31.8 Å². The van der Waals surface area contributed by atoms with E-state index in [4.69, 9.17) is 9.47 Å².